The van der Waals surface area contributed by atoms with Gasteiger partial charge in [0.15, 0.2) is 5.82 Å². The van der Waals surface area contributed by atoms with Crippen LogP contribution in [0.5, 0.6) is 0 Å². The first-order valence-electron chi connectivity index (χ1n) is 8.01. The monoisotopic (exact) mass is 336 g/mol. The Kier molecular flexibility index (Phi) is 5.03. The van der Waals surface area contributed by atoms with Crippen LogP contribution in [0, 0.1) is 0 Å². The second kappa shape index (κ2) is 7.57. The molecule has 0 aliphatic heterocycles. The standard InChI is InChI=1S/C18H20N6O/c1-14(16-8-4-6-11-20-16)23(2)18(25)21-17-9-12-24(22-17)13-15-7-3-5-10-19-15/h3-12,14H,13H2,1-2H3,(H,21,22,25)/t14-/m1/s1. The summed E-state index contributed by atoms with van der Waals surface area (Å²) in [6.07, 6.45) is 5.28. The highest BCUT2D eigenvalue weighted by molar-refractivity contribution is 5.88. The Balaban J connectivity index is 1.61. The third kappa shape index (κ3) is 4.20. The Morgan fingerprint density at radius 1 is 1.16 bits per heavy atom. The van der Waals surface area contributed by atoms with Crippen molar-refractivity contribution in [2.75, 3.05) is 12.4 Å². The molecule has 0 spiro atoms. The van der Waals surface area contributed by atoms with Crippen LogP contribution in [0.2, 0.25) is 0 Å². The molecule has 0 aliphatic carbocycles. The minimum absolute atomic E-state index is 0.142. The first-order chi connectivity index (χ1) is 12.1. The van der Waals surface area contributed by atoms with E-state index in [2.05, 4.69) is 20.4 Å². The van der Waals surface area contributed by atoms with E-state index in [9.17, 15) is 4.79 Å². The molecule has 3 aromatic rings. The molecule has 0 radical (unpaired) electrons. The Bertz CT molecular complexity index is 818. The second-order valence-electron chi connectivity index (χ2n) is 5.69. The maximum Gasteiger partial charge on any atom is 0.323 e. The smallest absolute Gasteiger partial charge is 0.319 e. The van der Waals surface area contributed by atoms with Crippen LogP contribution in [0.25, 0.3) is 0 Å². The quantitative estimate of drug-likeness (QED) is 0.777. The highest BCUT2D eigenvalue weighted by atomic mass is 16.2. The number of carbonyl (C=O) groups is 1. The average molecular weight is 336 g/mol. The minimum atomic E-state index is -0.235. The van der Waals surface area contributed by atoms with E-state index in [0.717, 1.165) is 11.4 Å². The van der Waals surface area contributed by atoms with E-state index in [1.807, 2.05) is 49.5 Å². The first-order valence-corrected chi connectivity index (χ1v) is 8.01. The van der Waals surface area contributed by atoms with Crippen molar-refractivity contribution < 1.29 is 4.79 Å². The van der Waals surface area contributed by atoms with Crippen molar-refractivity contribution >= 4 is 11.8 Å². The number of nitrogens with one attached hydrogen (secondary N) is 1. The Morgan fingerprint density at radius 2 is 1.92 bits per heavy atom. The van der Waals surface area contributed by atoms with Crippen LogP contribution in [-0.2, 0) is 6.54 Å². The molecule has 0 aliphatic rings. The van der Waals surface area contributed by atoms with Gasteiger partial charge in [-0.2, -0.15) is 5.10 Å². The lowest BCUT2D eigenvalue weighted by Gasteiger charge is -2.24. The molecule has 3 heterocycles. The summed E-state index contributed by atoms with van der Waals surface area (Å²) in [6, 6.07) is 12.8. The van der Waals surface area contributed by atoms with E-state index < -0.39 is 0 Å². The van der Waals surface area contributed by atoms with E-state index in [1.54, 1.807) is 35.1 Å². The van der Waals surface area contributed by atoms with Gasteiger partial charge < -0.3 is 4.90 Å². The van der Waals surface area contributed by atoms with Crippen LogP contribution in [0.3, 0.4) is 0 Å². The van der Waals surface area contributed by atoms with Gasteiger partial charge in [-0.1, -0.05) is 12.1 Å². The zero-order valence-corrected chi connectivity index (χ0v) is 14.2. The Labute approximate surface area is 146 Å². The minimum Gasteiger partial charge on any atom is -0.319 e. The number of hydrogen-bond donors (Lipinski definition) is 1. The summed E-state index contributed by atoms with van der Waals surface area (Å²) in [6.45, 7) is 2.48. The van der Waals surface area contributed by atoms with Crippen LogP contribution in [0.1, 0.15) is 24.4 Å². The molecular formula is C18H20N6O. The summed E-state index contributed by atoms with van der Waals surface area (Å²) in [5, 5.41) is 7.17. The number of pyridine rings is 2. The molecule has 0 saturated carbocycles. The summed E-state index contributed by atoms with van der Waals surface area (Å²) in [4.78, 5) is 22.6. The summed E-state index contributed by atoms with van der Waals surface area (Å²) in [7, 11) is 1.74. The molecule has 3 aromatic heterocycles. The molecule has 3 rings (SSSR count). The number of amides is 2. The van der Waals surface area contributed by atoms with Gasteiger partial charge in [-0.3, -0.25) is 20.0 Å². The molecule has 0 saturated heterocycles. The lowest BCUT2D eigenvalue weighted by molar-refractivity contribution is 0.207. The predicted molar refractivity (Wildman–Crippen MR) is 95.0 cm³/mol. The van der Waals surface area contributed by atoms with Crippen molar-refractivity contribution in [2.24, 2.45) is 0 Å². The molecular weight excluding hydrogens is 316 g/mol. The lowest BCUT2D eigenvalue weighted by Crippen LogP contribution is -2.34. The fourth-order valence-electron chi connectivity index (χ4n) is 2.37. The zero-order chi connectivity index (χ0) is 17.6. The third-order valence-corrected chi connectivity index (χ3v) is 3.94. The molecule has 2 amide bonds. The van der Waals surface area contributed by atoms with Gasteiger partial charge in [-0.05, 0) is 31.2 Å². The number of rotatable bonds is 5. The van der Waals surface area contributed by atoms with Gasteiger partial charge in [-0.15, -0.1) is 0 Å². The Morgan fingerprint density at radius 3 is 2.60 bits per heavy atom. The van der Waals surface area contributed by atoms with Crippen LogP contribution < -0.4 is 5.32 Å². The molecule has 25 heavy (non-hydrogen) atoms. The van der Waals surface area contributed by atoms with Crippen molar-refractivity contribution in [1.82, 2.24) is 24.6 Å². The number of urea groups is 1. The van der Waals surface area contributed by atoms with Gasteiger partial charge in [0.25, 0.3) is 0 Å². The molecule has 0 aromatic carbocycles. The Hall–Kier alpha value is -3.22. The highest BCUT2D eigenvalue weighted by Crippen LogP contribution is 2.17. The van der Waals surface area contributed by atoms with Crippen molar-refractivity contribution in [3.8, 4) is 0 Å². The zero-order valence-electron chi connectivity index (χ0n) is 14.2. The summed E-state index contributed by atoms with van der Waals surface area (Å²) in [5.41, 5.74) is 1.74. The van der Waals surface area contributed by atoms with Gasteiger partial charge in [-0.25, -0.2) is 4.79 Å². The van der Waals surface area contributed by atoms with Crippen LogP contribution in [0.15, 0.2) is 61.1 Å². The average Bonchev–Trinajstić information content (AvgIpc) is 3.08. The maximum atomic E-state index is 12.4. The topological polar surface area (TPSA) is 75.9 Å². The van der Waals surface area contributed by atoms with Gasteiger partial charge in [0.2, 0.25) is 0 Å². The van der Waals surface area contributed by atoms with E-state index in [0.29, 0.717) is 12.4 Å². The van der Waals surface area contributed by atoms with Gasteiger partial charge in [0, 0.05) is 31.7 Å². The second-order valence-corrected chi connectivity index (χ2v) is 5.69. The third-order valence-electron chi connectivity index (χ3n) is 3.94. The molecule has 128 valence electrons. The number of nitrogens with zero attached hydrogens (tertiary/aromatic N) is 5. The van der Waals surface area contributed by atoms with Crippen LogP contribution in [-0.4, -0.2) is 37.7 Å². The van der Waals surface area contributed by atoms with E-state index in [1.165, 1.54) is 0 Å². The van der Waals surface area contributed by atoms with Gasteiger partial charge >= 0.3 is 6.03 Å². The molecule has 0 unspecified atom stereocenters. The SMILES string of the molecule is C[C@H](c1ccccn1)N(C)C(=O)Nc1ccn(Cc2ccccn2)n1. The molecule has 1 N–H and O–H groups in total. The molecule has 0 bridgehead atoms. The summed E-state index contributed by atoms with van der Waals surface area (Å²) < 4.78 is 1.74. The van der Waals surface area contributed by atoms with E-state index in [4.69, 9.17) is 0 Å². The number of anilines is 1. The van der Waals surface area contributed by atoms with Crippen molar-refractivity contribution in [3.63, 3.8) is 0 Å². The normalized spacial score (nSPS) is 11.8. The fraction of sp³-hybridized carbons (Fsp3) is 0.222. The lowest BCUT2D eigenvalue weighted by atomic mass is 10.2. The maximum absolute atomic E-state index is 12.4. The van der Waals surface area contributed by atoms with Crippen LogP contribution >= 0.6 is 0 Å². The number of aromatic nitrogens is 4. The van der Waals surface area contributed by atoms with Crippen LogP contribution in [0.4, 0.5) is 10.6 Å². The molecule has 7 heteroatoms. The van der Waals surface area contributed by atoms with Gasteiger partial charge in [0.1, 0.15) is 0 Å². The van der Waals surface area contributed by atoms with Crippen molar-refractivity contribution in [1.29, 1.82) is 0 Å². The van der Waals surface area contributed by atoms with Crippen molar-refractivity contribution in [3.05, 3.63) is 72.4 Å². The number of carbonyl (C=O) groups excluding carboxylic acids is 1. The predicted octanol–water partition coefficient (Wildman–Crippen LogP) is 2.95. The number of hydrogen-bond acceptors (Lipinski definition) is 4. The molecule has 7 nitrogen and oxygen atoms in total. The van der Waals surface area contributed by atoms with Gasteiger partial charge in [0.05, 0.1) is 24.0 Å². The van der Waals surface area contributed by atoms with E-state index >= 15 is 0 Å². The summed E-state index contributed by atoms with van der Waals surface area (Å²) in [5.74, 6) is 0.501. The molecule has 1 atom stereocenters. The largest absolute Gasteiger partial charge is 0.323 e. The highest BCUT2D eigenvalue weighted by Gasteiger charge is 2.18. The van der Waals surface area contributed by atoms with Crippen molar-refractivity contribution in [2.45, 2.75) is 19.5 Å². The molecule has 0 fully saturated rings. The van der Waals surface area contributed by atoms with E-state index in [-0.39, 0.29) is 12.1 Å². The fourth-order valence-corrected chi connectivity index (χ4v) is 2.37. The first kappa shape index (κ1) is 16.6. The summed E-state index contributed by atoms with van der Waals surface area (Å²) >= 11 is 0.